The first kappa shape index (κ1) is 17.9. The van der Waals surface area contributed by atoms with Gasteiger partial charge in [-0.2, -0.15) is 5.10 Å². The molecule has 0 spiro atoms. The summed E-state index contributed by atoms with van der Waals surface area (Å²) in [5, 5.41) is 9.97. The molecule has 142 valence electrons. The second-order valence-corrected chi connectivity index (χ2v) is 6.82. The average Bonchev–Trinajstić information content (AvgIpc) is 3.23. The maximum Gasteiger partial charge on any atom is 0.253 e. The molecule has 4 rings (SSSR count). The number of carbonyl (C=O) groups is 2. The molecular formula is C21H21N5O2. The van der Waals surface area contributed by atoms with Gasteiger partial charge < -0.3 is 10.2 Å². The normalized spacial score (nSPS) is 14.6. The first-order chi connectivity index (χ1) is 13.7. The van der Waals surface area contributed by atoms with Crippen molar-refractivity contribution < 1.29 is 9.59 Å². The molecule has 0 bridgehead atoms. The number of benzene rings is 1. The lowest BCUT2D eigenvalue weighted by Gasteiger charge is -2.31. The molecule has 1 fully saturated rings. The van der Waals surface area contributed by atoms with Crippen LogP contribution in [0.5, 0.6) is 0 Å². The first-order valence-corrected chi connectivity index (χ1v) is 9.32. The summed E-state index contributed by atoms with van der Waals surface area (Å²) in [5.74, 6) is 0.342. The van der Waals surface area contributed by atoms with Gasteiger partial charge in [-0.1, -0.05) is 18.2 Å². The summed E-state index contributed by atoms with van der Waals surface area (Å²) in [6.07, 6.45) is 4.70. The topological polar surface area (TPSA) is 91.0 Å². The number of nitrogens with zero attached hydrogens (tertiary/aromatic N) is 3. The number of aromatic nitrogens is 3. The summed E-state index contributed by atoms with van der Waals surface area (Å²) in [4.78, 5) is 30.9. The van der Waals surface area contributed by atoms with E-state index in [1.54, 1.807) is 18.5 Å². The minimum absolute atomic E-state index is 0.0220. The van der Waals surface area contributed by atoms with Gasteiger partial charge in [0.15, 0.2) is 5.82 Å². The largest absolute Gasteiger partial charge is 0.339 e. The van der Waals surface area contributed by atoms with Crippen LogP contribution in [0.1, 0.15) is 23.2 Å². The molecule has 0 aliphatic carbocycles. The van der Waals surface area contributed by atoms with E-state index in [-0.39, 0.29) is 17.7 Å². The van der Waals surface area contributed by atoms with Gasteiger partial charge in [0, 0.05) is 48.6 Å². The van der Waals surface area contributed by atoms with E-state index >= 15 is 0 Å². The number of hydrogen-bond donors (Lipinski definition) is 2. The van der Waals surface area contributed by atoms with Crippen LogP contribution in [0.25, 0.3) is 11.3 Å². The van der Waals surface area contributed by atoms with Crippen molar-refractivity contribution in [3.63, 3.8) is 0 Å². The monoisotopic (exact) mass is 375 g/mol. The van der Waals surface area contributed by atoms with Crippen LogP contribution in [0.15, 0.2) is 60.9 Å². The van der Waals surface area contributed by atoms with E-state index in [1.165, 1.54) is 0 Å². The van der Waals surface area contributed by atoms with Crippen LogP contribution >= 0.6 is 0 Å². The number of pyridine rings is 1. The van der Waals surface area contributed by atoms with Gasteiger partial charge in [0.1, 0.15) is 0 Å². The standard InChI is InChI=1S/C21H21N5O2/c27-20(23-19-14-18(24-25-19)15-6-10-22-11-7-15)16-8-12-26(13-9-16)21(28)17-4-2-1-3-5-17/h1-7,10-11,14,16H,8-9,12-13H2,(H2,23,24,25,27). The molecule has 2 N–H and O–H groups in total. The fourth-order valence-electron chi connectivity index (χ4n) is 3.40. The quantitative estimate of drug-likeness (QED) is 0.733. The zero-order valence-corrected chi connectivity index (χ0v) is 15.3. The van der Waals surface area contributed by atoms with Crippen LogP contribution in [-0.4, -0.2) is 45.0 Å². The number of amides is 2. The number of aromatic amines is 1. The van der Waals surface area contributed by atoms with Crippen LogP contribution in [0.3, 0.4) is 0 Å². The Morgan fingerprint density at radius 3 is 2.46 bits per heavy atom. The van der Waals surface area contributed by atoms with Gasteiger partial charge in [-0.15, -0.1) is 0 Å². The maximum absolute atomic E-state index is 12.6. The van der Waals surface area contributed by atoms with E-state index < -0.39 is 0 Å². The summed E-state index contributed by atoms with van der Waals surface area (Å²) in [6, 6.07) is 14.8. The average molecular weight is 375 g/mol. The first-order valence-electron chi connectivity index (χ1n) is 9.32. The lowest BCUT2D eigenvalue weighted by Crippen LogP contribution is -2.41. The number of hydrogen-bond acceptors (Lipinski definition) is 4. The van der Waals surface area contributed by atoms with Crippen LogP contribution in [0.4, 0.5) is 5.82 Å². The Kier molecular flexibility index (Phi) is 5.14. The van der Waals surface area contributed by atoms with Crippen LogP contribution in [0, 0.1) is 5.92 Å². The Labute approximate surface area is 162 Å². The zero-order chi connectivity index (χ0) is 19.3. The Morgan fingerprint density at radius 1 is 1.04 bits per heavy atom. The van der Waals surface area contributed by atoms with E-state index in [4.69, 9.17) is 0 Å². The van der Waals surface area contributed by atoms with Crippen molar-refractivity contribution in [1.82, 2.24) is 20.1 Å². The van der Waals surface area contributed by atoms with Crippen molar-refractivity contribution in [1.29, 1.82) is 0 Å². The van der Waals surface area contributed by atoms with Crippen LogP contribution in [-0.2, 0) is 4.79 Å². The third-order valence-corrected chi connectivity index (χ3v) is 4.99. The summed E-state index contributed by atoms with van der Waals surface area (Å²) in [5.41, 5.74) is 2.46. The predicted molar refractivity (Wildman–Crippen MR) is 106 cm³/mol. The molecule has 0 radical (unpaired) electrons. The van der Waals surface area contributed by atoms with E-state index in [1.807, 2.05) is 47.4 Å². The summed E-state index contributed by atoms with van der Waals surface area (Å²) >= 11 is 0. The molecule has 2 aromatic heterocycles. The number of rotatable bonds is 4. The molecule has 1 aliphatic rings. The summed E-state index contributed by atoms with van der Waals surface area (Å²) in [7, 11) is 0. The lowest BCUT2D eigenvalue weighted by molar-refractivity contribution is -0.121. The van der Waals surface area contributed by atoms with Gasteiger partial charge in [-0.05, 0) is 37.1 Å². The summed E-state index contributed by atoms with van der Waals surface area (Å²) < 4.78 is 0. The van der Waals surface area contributed by atoms with Crippen LogP contribution < -0.4 is 5.32 Å². The summed E-state index contributed by atoms with van der Waals surface area (Å²) in [6.45, 7) is 1.16. The highest BCUT2D eigenvalue weighted by Crippen LogP contribution is 2.22. The minimum atomic E-state index is -0.124. The highest BCUT2D eigenvalue weighted by molar-refractivity contribution is 5.95. The third kappa shape index (κ3) is 3.93. The molecule has 7 heteroatoms. The predicted octanol–water partition coefficient (Wildman–Crippen LogP) is 2.96. The number of anilines is 1. The third-order valence-electron chi connectivity index (χ3n) is 4.99. The van der Waals surface area contributed by atoms with E-state index in [0.29, 0.717) is 37.3 Å². The maximum atomic E-state index is 12.6. The van der Waals surface area contributed by atoms with Crippen molar-refractivity contribution in [2.45, 2.75) is 12.8 Å². The van der Waals surface area contributed by atoms with Gasteiger partial charge in [0.2, 0.25) is 5.91 Å². The van der Waals surface area contributed by atoms with Gasteiger partial charge in [0.25, 0.3) is 5.91 Å². The van der Waals surface area contributed by atoms with Gasteiger partial charge in [0.05, 0.1) is 5.69 Å². The Morgan fingerprint density at radius 2 is 1.75 bits per heavy atom. The number of piperidine rings is 1. The fourth-order valence-corrected chi connectivity index (χ4v) is 3.40. The van der Waals surface area contributed by atoms with Crippen LogP contribution in [0.2, 0.25) is 0 Å². The molecule has 1 aromatic carbocycles. The number of H-pyrrole nitrogens is 1. The molecule has 7 nitrogen and oxygen atoms in total. The van der Waals surface area contributed by atoms with Gasteiger partial charge in [-0.3, -0.25) is 19.7 Å². The Balaban J connectivity index is 1.32. The van der Waals surface area contributed by atoms with E-state index in [2.05, 4.69) is 20.5 Å². The molecule has 1 aliphatic heterocycles. The Hall–Kier alpha value is -3.48. The van der Waals surface area contributed by atoms with Crippen molar-refractivity contribution in [2.24, 2.45) is 5.92 Å². The van der Waals surface area contributed by atoms with Crippen molar-refractivity contribution in [3.8, 4) is 11.3 Å². The Bertz CT molecular complexity index is 947. The van der Waals surface area contributed by atoms with E-state index in [9.17, 15) is 9.59 Å². The van der Waals surface area contributed by atoms with Crippen molar-refractivity contribution >= 4 is 17.6 Å². The number of likely N-dealkylation sites (tertiary alicyclic amines) is 1. The minimum Gasteiger partial charge on any atom is -0.339 e. The van der Waals surface area contributed by atoms with Gasteiger partial charge in [-0.25, -0.2) is 0 Å². The second-order valence-electron chi connectivity index (χ2n) is 6.82. The van der Waals surface area contributed by atoms with Crippen molar-refractivity contribution in [3.05, 3.63) is 66.5 Å². The zero-order valence-electron chi connectivity index (χ0n) is 15.3. The molecule has 0 saturated carbocycles. The number of nitrogens with one attached hydrogen (secondary N) is 2. The molecule has 28 heavy (non-hydrogen) atoms. The smallest absolute Gasteiger partial charge is 0.253 e. The highest BCUT2D eigenvalue weighted by Gasteiger charge is 2.28. The fraction of sp³-hybridized carbons (Fsp3) is 0.238. The highest BCUT2D eigenvalue weighted by atomic mass is 16.2. The second kappa shape index (κ2) is 8.04. The molecule has 3 aromatic rings. The van der Waals surface area contributed by atoms with Crippen molar-refractivity contribution in [2.75, 3.05) is 18.4 Å². The van der Waals surface area contributed by atoms with Gasteiger partial charge >= 0.3 is 0 Å². The van der Waals surface area contributed by atoms with E-state index in [0.717, 1.165) is 11.3 Å². The molecule has 3 heterocycles. The molecule has 2 amide bonds. The lowest BCUT2D eigenvalue weighted by atomic mass is 9.95. The number of carbonyl (C=O) groups excluding carboxylic acids is 2. The SMILES string of the molecule is O=C(Nc1cc(-c2ccncc2)[nH]n1)C1CCN(C(=O)c2ccccc2)CC1. The molecule has 1 saturated heterocycles. The molecule has 0 unspecified atom stereocenters. The molecular weight excluding hydrogens is 354 g/mol. The molecule has 0 atom stereocenters.